The molecule has 0 radical (unpaired) electrons. The van der Waals surface area contributed by atoms with Crippen LogP contribution < -0.4 is 20.2 Å². The van der Waals surface area contributed by atoms with E-state index in [9.17, 15) is 9.90 Å². The summed E-state index contributed by atoms with van der Waals surface area (Å²) < 4.78 is 55.8. The summed E-state index contributed by atoms with van der Waals surface area (Å²) in [7, 11) is 3.41. The first-order valence-corrected chi connectivity index (χ1v) is 15.6. The molecule has 0 amide bonds. The summed E-state index contributed by atoms with van der Waals surface area (Å²) in [4.78, 5) is 26.6. The second-order valence-corrected chi connectivity index (χ2v) is 13.6. The van der Waals surface area contributed by atoms with Crippen molar-refractivity contribution in [3.05, 3.63) is 36.7 Å². The Hall–Kier alpha value is -3.01. The molecule has 4 N–H and O–H groups in total. The summed E-state index contributed by atoms with van der Waals surface area (Å²) in [6.07, 6.45) is -3.29. The number of carbonyl (C=O) groups excluding carboxylic acids is 1. The van der Waals surface area contributed by atoms with E-state index in [0.29, 0.717) is 5.82 Å². The van der Waals surface area contributed by atoms with Crippen molar-refractivity contribution in [1.82, 2.24) is 24.6 Å². The van der Waals surface area contributed by atoms with Crippen molar-refractivity contribution in [1.29, 1.82) is 0 Å². The summed E-state index contributed by atoms with van der Waals surface area (Å²) in [6, 6.07) is 7.26. The van der Waals surface area contributed by atoms with E-state index < -0.39 is 55.2 Å². The van der Waals surface area contributed by atoms with Crippen LogP contribution in [0.5, 0.6) is 5.75 Å². The van der Waals surface area contributed by atoms with Gasteiger partial charge in [-0.15, -0.1) is 0 Å². The number of nitrogens with two attached hydrogens (primary N) is 1. The van der Waals surface area contributed by atoms with Crippen molar-refractivity contribution in [2.24, 2.45) is 0 Å². The summed E-state index contributed by atoms with van der Waals surface area (Å²) in [5.41, 5.74) is 3.48. The molecule has 1 saturated heterocycles. The Balaban J connectivity index is 1.62. The molecule has 17 heteroatoms. The molecule has 0 bridgehead atoms. The lowest BCUT2D eigenvalue weighted by molar-refractivity contribution is -0.202. The highest BCUT2D eigenvalue weighted by molar-refractivity contribution is 8.09. The number of para-hydroxylation sites is 1. The van der Waals surface area contributed by atoms with Gasteiger partial charge in [-0.05, 0) is 51.6 Å². The maximum atomic E-state index is 16.3. The van der Waals surface area contributed by atoms with Gasteiger partial charge in [-0.3, -0.25) is 9.36 Å². The van der Waals surface area contributed by atoms with Gasteiger partial charge in [0.25, 0.3) is 5.85 Å². The Morgan fingerprint density at radius 3 is 2.57 bits per heavy atom. The molecule has 230 valence electrons. The molecule has 42 heavy (non-hydrogen) atoms. The molecule has 0 aliphatic carbocycles. The quantitative estimate of drug-likeness (QED) is 0.210. The van der Waals surface area contributed by atoms with E-state index in [1.165, 1.54) is 13.3 Å². The van der Waals surface area contributed by atoms with Crippen LogP contribution in [0.2, 0.25) is 0 Å². The minimum atomic E-state index is -3.73. The Labute approximate surface area is 246 Å². The number of hydrogen-bond acceptors (Lipinski definition) is 12. The van der Waals surface area contributed by atoms with Crippen LogP contribution >= 0.6 is 6.64 Å². The number of alkyl halides is 2. The summed E-state index contributed by atoms with van der Waals surface area (Å²) in [6.45, 7) is 1.02. The molecule has 3 heterocycles. The van der Waals surface area contributed by atoms with Gasteiger partial charge in [0.05, 0.1) is 12.4 Å². The van der Waals surface area contributed by atoms with E-state index in [2.05, 4.69) is 20.0 Å². The maximum absolute atomic E-state index is 16.3. The first-order chi connectivity index (χ1) is 19.6. The molecule has 1 aliphatic rings. The number of hydrogen-bond donors (Lipinski definition) is 3. The molecule has 1 aliphatic heterocycles. The number of aromatic nitrogens is 4. The van der Waals surface area contributed by atoms with E-state index in [1.54, 1.807) is 63.2 Å². The number of benzene rings is 1. The van der Waals surface area contributed by atoms with Crippen molar-refractivity contribution in [3.8, 4) is 5.75 Å². The number of carbonyl (C=O) groups is 1. The molecule has 1 aromatic carbocycles. The van der Waals surface area contributed by atoms with Crippen LogP contribution in [0.15, 0.2) is 36.7 Å². The lowest BCUT2D eigenvalue weighted by Gasteiger charge is -2.30. The molecular formula is C25H34F2N7O6PS. The molecule has 6 atom stereocenters. The van der Waals surface area contributed by atoms with Gasteiger partial charge in [0.15, 0.2) is 35.0 Å². The number of halogens is 2. The molecule has 2 aromatic heterocycles. The summed E-state index contributed by atoms with van der Waals surface area (Å²) >= 11 is 5.60. The standard InChI is InChI=1S/C25H34F2N7O6PS/c1-14(2)38-20(35)15(3)32-41(42,40-16-10-8-7-9-11-16)37-12-25(27)21(36)24(4,26)22(39-25)34-13-29-17-18(33(5)6)30-23(28)31-19(17)34/h7-11,13-15,21-22,36H,12H2,1-6H3,(H,32,42)(H2,28,30,31)/t15-,21-,22+,24+,25+,41-/m0/s1. The zero-order valence-electron chi connectivity index (χ0n) is 23.9. The normalized spacial score (nSPS) is 26.2. The number of anilines is 2. The van der Waals surface area contributed by atoms with E-state index >= 15 is 8.78 Å². The average molecular weight is 630 g/mol. The van der Waals surface area contributed by atoms with Gasteiger partial charge in [0.1, 0.15) is 18.4 Å². The summed E-state index contributed by atoms with van der Waals surface area (Å²) in [5.74, 6) is -3.27. The van der Waals surface area contributed by atoms with Crippen LogP contribution in [0.4, 0.5) is 20.5 Å². The average Bonchev–Trinajstić information content (AvgIpc) is 3.39. The van der Waals surface area contributed by atoms with Gasteiger partial charge >= 0.3 is 12.6 Å². The third kappa shape index (κ3) is 6.48. The zero-order chi connectivity index (χ0) is 31.0. The third-order valence-electron chi connectivity index (χ3n) is 6.29. The number of nitrogen functional groups attached to an aromatic ring is 1. The van der Waals surface area contributed by atoms with Crippen molar-refractivity contribution < 1.29 is 37.2 Å². The largest absolute Gasteiger partial charge is 0.462 e. The molecule has 0 saturated carbocycles. The van der Waals surface area contributed by atoms with Crippen LogP contribution in [0, 0.1) is 0 Å². The monoisotopic (exact) mass is 629 g/mol. The van der Waals surface area contributed by atoms with Crippen LogP contribution in [0.3, 0.4) is 0 Å². The van der Waals surface area contributed by atoms with Gasteiger partial charge in [0, 0.05) is 14.1 Å². The Morgan fingerprint density at radius 2 is 1.95 bits per heavy atom. The first kappa shape index (κ1) is 31.9. The highest BCUT2D eigenvalue weighted by Gasteiger charge is 2.65. The topological polar surface area (TPSA) is 159 Å². The number of rotatable bonds is 11. The second-order valence-electron chi connectivity index (χ2n) is 10.4. The fourth-order valence-electron chi connectivity index (χ4n) is 4.27. The van der Waals surface area contributed by atoms with Gasteiger partial charge in [-0.2, -0.15) is 9.97 Å². The predicted octanol–water partition coefficient (Wildman–Crippen LogP) is 3.01. The van der Waals surface area contributed by atoms with Crippen LogP contribution in [-0.2, 0) is 30.6 Å². The minimum Gasteiger partial charge on any atom is -0.462 e. The Kier molecular flexibility index (Phi) is 9.07. The van der Waals surface area contributed by atoms with Crippen molar-refractivity contribution in [2.75, 3.05) is 31.3 Å². The van der Waals surface area contributed by atoms with Crippen LogP contribution in [0.1, 0.15) is 33.9 Å². The molecule has 13 nitrogen and oxygen atoms in total. The fraction of sp³-hybridized carbons (Fsp3) is 0.520. The molecule has 3 aromatic rings. The van der Waals surface area contributed by atoms with E-state index in [0.717, 1.165) is 11.5 Å². The van der Waals surface area contributed by atoms with Gasteiger partial charge in [-0.1, -0.05) is 18.2 Å². The Bertz CT molecular complexity index is 1480. The fourth-order valence-corrected chi connectivity index (χ4v) is 6.67. The van der Waals surface area contributed by atoms with Crippen molar-refractivity contribution in [3.63, 3.8) is 0 Å². The molecular weight excluding hydrogens is 595 g/mol. The van der Waals surface area contributed by atoms with Crippen LogP contribution in [0.25, 0.3) is 11.2 Å². The van der Waals surface area contributed by atoms with Gasteiger partial charge in [-0.25, -0.2) is 18.9 Å². The number of fused-ring (bicyclic) bond motifs is 1. The molecule has 0 unspecified atom stereocenters. The van der Waals surface area contributed by atoms with Crippen molar-refractivity contribution in [2.45, 2.75) is 63.7 Å². The third-order valence-corrected chi connectivity index (χ3v) is 8.77. The highest BCUT2D eigenvalue weighted by Crippen LogP contribution is 2.52. The number of ether oxygens (including phenoxy) is 2. The number of imidazole rings is 1. The van der Waals surface area contributed by atoms with E-state index in [4.69, 9.17) is 36.1 Å². The predicted molar refractivity (Wildman–Crippen MR) is 155 cm³/mol. The van der Waals surface area contributed by atoms with Crippen molar-refractivity contribution >= 4 is 47.3 Å². The number of esters is 1. The van der Waals surface area contributed by atoms with E-state index in [-0.39, 0.29) is 22.9 Å². The van der Waals surface area contributed by atoms with Crippen LogP contribution in [-0.4, -0.2) is 81.1 Å². The van der Waals surface area contributed by atoms with E-state index in [1.807, 2.05) is 0 Å². The maximum Gasteiger partial charge on any atom is 0.323 e. The number of aliphatic hydroxyl groups is 1. The minimum absolute atomic E-state index is 0.0640. The Morgan fingerprint density at radius 1 is 1.29 bits per heavy atom. The number of nitrogens with one attached hydrogen (secondary N) is 1. The van der Waals surface area contributed by atoms with Gasteiger partial charge in [0.2, 0.25) is 5.95 Å². The molecule has 0 spiro atoms. The second kappa shape index (κ2) is 11.9. The van der Waals surface area contributed by atoms with Gasteiger partial charge < -0.3 is 34.3 Å². The lowest BCUT2D eigenvalue weighted by atomic mass is 9.97. The smallest absolute Gasteiger partial charge is 0.323 e. The molecule has 4 rings (SSSR count). The highest BCUT2D eigenvalue weighted by atomic mass is 32.5. The lowest BCUT2D eigenvalue weighted by Crippen LogP contribution is -2.47. The summed E-state index contributed by atoms with van der Waals surface area (Å²) in [5, 5.41) is 13.6. The zero-order valence-corrected chi connectivity index (χ0v) is 25.6. The SMILES string of the molecule is CC(C)OC(=O)[C@H](C)N[P@](=S)(OC[C@@]1(F)O[C@@H](n2cnc3c(N(C)C)nc(N)nc32)[C@](C)(F)[C@@H]1O)Oc1ccccc1. The molecule has 1 fully saturated rings. The number of nitrogens with zero attached hydrogens (tertiary/aromatic N) is 5. The number of aliphatic hydroxyl groups excluding tert-OH is 1. The first-order valence-electron chi connectivity index (χ1n) is 12.9.